The number of para-hydroxylation sites is 1. The van der Waals surface area contributed by atoms with Crippen LogP contribution in [0.2, 0.25) is 0 Å². The van der Waals surface area contributed by atoms with E-state index in [9.17, 15) is 18.7 Å². The van der Waals surface area contributed by atoms with Gasteiger partial charge in [-0.05, 0) is 42.5 Å². The van der Waals surface area contributed by atoms with E-state index < -0.39 is 18.6 Å². The van der Waals surface area contributed by atoms with E-state index >= 15 is 0 Å². The summed E-state index contributed by atoms with van der Waals surface area (Å²) in [4.78, 5) is 13.4. The van der Waals surface area contributed by atoms with Gasteiger partial charge < -0.3 is 19.3 Å². The maximum absolute atomic E-state index is 13.4. The number of phenolic OH excluding ortho intramolecular Hbond substituents is 1. The third kappa shape index (κ3) is 4.24. The molecule has 0 radical (unpaired) electrons. The highest BCUT2D eigenvalue weighted by Gasteiger charge is 2.35. The molecule has 1 unspecified atom stereocenters. The molecule has 7 nitrogen and oxygen atoms in total. The second-order valence-electron chi connectivity index (χ2n) is 7.74. The Morgan fingerprint density at radius 2 is 1.82 bits per heavy atom. The van der Waals surface area contributed by atoms with Gasteiger partial charge >= 0.3 is 6.61 Å². The number of hydrazone groups is 1. The lowest BCUT2D eigenvalue weighted by Gasteiger charge is -2.23. The third-order valence-corrected chi connectivity index (χ3v) is 5.60. The third-order valence-electron chi connectivity index (χ3n) is 5.60. The van der Waals surface area contributed by atoms with Gasteiger partial charge in [0, 0.05) is 23.1 Å². The molecular formula is C25H20F2N2O5. The fourth-order valence-electron chi connectivity index (χ4n) is 4.04. The van der Waals surface area contributed by atoms with Crippen molar-refractivity contribution in [2.45, 2.75) is 19.1 Å². The molecule has 3 aromatic rings. The van der Waals surface area contributed by atoms with Gasteiger partial charge in [0.15, 0.2) is 11.5 Å². The summed E-state index contributed by atoms with van der Waals surface area (Å²) in [7, 11) is 0. The Kier molecular flexibility index (Phi) is 5.75. The molecule has 3 aromatic carbocycles. The molecule has 2 aliphatic heterocycles. The van der Waals surface area contributed by atoms with E-state index in [4.69, 9.17) is 9.47 Å². The van der Waals surface area contributed by atoms with Crippen molar-refractivity contribution < 1.29 is 32.9 Å². The second-order valence-corrected chi connectivity index (χ2v) is 7.74. The smallest absolute Gasteiger partial charge is 0.387 e. The van der Waals surface area contributed by atoms with Crippen LogP contribution in [0.4, 0.5) is 8.78 Å². The zero-order valence-electron chi connectivity index (χ0n) is 17.9. The highest BCUT2D eigenvalue weighted by atomic mass is 19.3. The van der Waals surface area contributed by atoms with Crippen molar-refractivity contribution in [1.82, 2.24) is 5.01 Å². The summed E-state index contributed by atoms with van der Waals surface area (Å²) in [6.07, 6.45) is 0.330. The Hall–Kier alpha value is -4.14. The van der Waals surface area contributed by atoms with Crippen molar-refractivity contribution >= 4 is 11.6 Å². The van der Waals surface area contributed by atoms with Crippen molar-refractivity contribution in [2.24, 2.45) is 5.10 Å². The number of fused-ring (bicyclic) bond motifs is 1. The standard InChI is InChI=1S/C25H20F2N2O5/c26-25(27)34-17-5-3-4-16(12-17)24(31)29-20(18-6-1-2-7-21(18)30)14-19(28-29)15-8-9-22-23(13-15)33-11-10-32-22/h1-9,12-13,20,25,30H,10-11,14H2. The van der Waals surface area contributed by atoms with Gasteiger partial charge in [-0.15, -0.1) is 0 Å². The van der Waals surface area contributed by atoms with E-state index in [-0.39, 0.29) is 17.1 Å². The number of rotatable bonds is 5. The number of ether oxygens (including phenoxy) is 3. The van der Waals surface area contributed by atoms with E-state index in [1.165, 1.54) is 35.3 Å². The molecule has 0 aromatic heterocycles. The monoisotopic (exact) mass is 466 g/mol. The quantitative estimate of drug-likeness (QED) is 0.587. The van der Waals surface area contributed by atoms with Crippen molar-refractivity contribution in [3.63, 3.8) is 0 Å². The topological polar surface area (TPSA) is 80.6 Å². The molecule has 0 saturated carbocycles. The predicted molar refractivity (Wildman–Crippen MR) is 119 cm³/mol. The zero-order valence-corrected chi connectivity index (χ0v) is 17.9. The lowest BCUT2D eigenvalue weighted by molar-refractivity contribution is -0.0499. The van der Waals surface area contributed by atoms with E-state index in [0.717, 1.165) is 5.56 Å². The average Bonchev–Trinajstić information content (AvgIpc) is 3.28. The Morgan fingerprint density at radius 3 is 2.62 bits per heavy atom. The minimum Gasteiger partial charge on any atom is -0.508 e. The highest BCUT2D eigenvalue weighted by molar-refractivity contribution is 6.05. The molecule has 5 rings (SSSR count). The van der Waals surface area contributed by atoms with Gasteiger partial charge in [0.1, 0.15) is 24.7 Å². The minimum atomic E-state index is -3.01. The normalized spacial score (nSPS) is 17.0. The first-order chi connectivity index (χ1) is 16.5. The van der Waals surface area contributed by atoms with Crippen LogP contribution in [-0.2, 0) is 0 Å². The van der Waals surface area contributed by atoms with Gasteiger partial charge in [-0.2, -0.15) is 13.9 Å². The minimum absolute atomic E-state index is 0.0266. The molecule has 1 N–H and O–H groups in total. The van der Waals surface area contributed by atoms with E-state index in [1.807, 2.05) is 6.07 Å². The molecule has 2 heterocycles. The summed E-state index contributed by atoms with van der Waals surface area (Å²) in [5, 5.41) is 16.3. The van der Waals surface area contributed by atoms with Crippen molar-refractivity contribution in [3.05, 3.63) is 83.4 Å². The van der Waals surface area contributed by atoms with Gasteiger partial charge in [0.05, 0.1) is 11.8 Å². The summed E-state index contributed by atoms with van der Waals surface area (Å²) < 4.78 is 41.0. The summed E-state index contributed by atoms with van der Waals surface area (Å²) in [6.45, 7) is -2.10. The SMILES string of the molecule is O=C(c1cccc(OC(F)F)c1)N1N=C(c2ccc3c(c2)OCCO3)CC1c1ccccc1O. The Labute approximate surface area is 193 Å². The number of benzene rings is 3. The zero-order chi connectivity index (χ0) is 23.7. The van der Waals surface area contributed by atoms with Gasteiger partial charge in [0.2, 0.25) is 0 Å². The molecule has 0 fully saturated rings. The van der Waals surface area contributed by atoms with Crippen LogP contribution in [0.5, 0.6) is 23.0 Å². The average molecular weight is 466 g/mol. The number of nitrogens with zero attached hydrogens (tertiary/aromatic N) is 2. The van der Waals surface area contributed by atoms with Gasteiger partial charge in [-0.1, -0.05) is 24.3 Å². The number of carbonyl (C=O) groups excluding carboxylic acids is 1. The number of carbonyl (C=O) groups is 1. The summed E-state index contributed by atoms with van der Waals surface area (Å²) in [5.74, 6) is 0.608. The first-order valence-corrected chi connectivity index (χ1v) is 10.6. The van der Waals surface area contributed by atoms with Crippen LogP contribution < -0.4 is 14.2 Å². The number of amides is 1. The van der Waals surface area contributed by atoms with E-state index in [0.29, 0.717) is 42.4 Å². The molecular weight excluding hydrogens is 446 g/mol. The van der Waals surface area contributed by atoms with Crippen molar-refractivity contribution in [1.29, 1.82) is 0 Å². The maximum atomic E-state index is 13.4. The molecule has 0 bridgehead atoms. The van der Waals surface area contributed by atoms with Crippen LogP contribution >= 0.6 is 0 Å². The van der Waals surface area contributed by atoms with Crippen molar-refractivity contribution in [2.75, 3.05) is 13.2 Å². The van der Waals surface area contributed by atoms with Crippen LogP contribution in [0.15, 0.2) is 71.8 Å². The Balaban J connectivity index is 1.52. The lowest BCUT2D eigenvalue weighted by atomic mass is 9.97. The summed E-state index contributed by atoms with van der Waals surface area (Å²) in [6, 6.07) is 17.1. The highest BCUT2D eigenvalue weighted by Crippen LogP contribution is 2.39. The Bertz CT molecular complexity index is 1260. The van der Waals surface area contributed by atoms with E-state index in [1.54, 1.807) is 30.3 Å². The molecule has 2 aliphatic rings. The fourth-order valence-corrected chi connectivity index (χ4v) is 4.04. The maximum Gasteiger partial charge on any atom is 0.387 e. The predicted octanol–water partition coefficient (Wildman–Crippen LogP) is 4.76. The van der Waals surface area contributed by atoms with Crippen molar-refractivity contribution in [3.8, 4) is 23.0 Å². The first-order valence-electron chi connectivity index (χ1n) is 10.6. The molecule has 9 heteroatoms. The molecule has 34 heavy (non-hydrogen) atoms. The summed E-state index contributed by atoms with van der Waals surface area (Å²) in [5.41, 5.74) is 2.01. The van der Waals surface area contributed by atoms with Gasteiger partial charge in [-0.3, -0.25) is 4.79 Å². The van der Waals surface area contributed by atoms with Gasteiger partial charge in [-0.25, -0.2) is 5.01 Å². The lowest BCUT2D eigenvalue weighted by Crippen LogP contribution is -2.27. The van der Waals surface area contributed by atoms with Crippen LogP contribution in [0.1, 0.15) is 33.9 Å². The number of hydrogen-bond donors (Lipinski definition) is 1. The molecule has 0 spiro atoms. The molecule has 1 atom stereocenters. The van der Waals surface area contributed by atoms with Crippen LogP contribution in [0.25, 0.3) is 0 Å². The van der Waals surface area contributed by atoms with E-state index in [2.05, 4.69) is 9.84 Å². The number of halogens is 2. The van der Waals surface area contributed by atoms with Crippen LogP contribution in [-0.4, -0.2) is 41.6 Å². The first kappa shape index (κ1) is 21.7. The van der Waals surface area contributed by atoms with Gasteiger partial charge in [0.25, 0.3) is 5.91 Å². The largest absolute Gasteiger partial charge is 0.508 e. The summed E-state index contributed by atoms with van der Waals surface area (Å²) >= 11 is 0. The number of hydrogen-bond acceptors (Lipinski definition) is 6. The molecule has 0 saturated heterocycles. The number of phenols is 1. The second kappa shape index (κ2) is 9.01. The Morgan fingerprint density at radius 1 is 1.03 bits per heavy atom. The molecule has 1 amide bonds. The van der Waals surface area contributed by atoms with Crippen LogP contribution in [0, 0.1) is 0 Å². The molecule has 174 valence electrons. The molecule has 0 aliphatic carbocycles. The fraction of sp³-hybridized carbons (Fsp3) is 0.200. The number of aromatic hydroxyl groups is 1. The number of alkyl halides is 2. The van der Waals surface area contributed by atoms with Crippen LogP contribution in [0.3, 0.4) is 0 Å².